The van der Waals surface area contributed by atoms with Crippen molar-refractivity contribution in [3.8, 4) is 5.75 Å². The number of benzene rings is 1. The molecular formula is C23H36N2O2. The maximum absolute atomic E-state index is 12.6. The van der Waals surface area contributed by atoms with E-state index in [2.05, 4.69) is 33.0 Å². The molecule has 150 valence electrons. The van der Waals surface area contributed by atoms with E-state index in [1.165, 1.54) is 32.1 Å². The number of rotatable bonds is 7. The Balaban J connectivity index is 1.48. The van der Waals surface area contributed by atoms with Crippen LogP contribution in [0.1, 0.15) is 75.7 Å². The second-order valence-corrected chi connectivity index (χ2v) is 9.02. The van der Waals surface area contributed by atoms with Crippen molar-refractivity contribution < 1.29 is 9.90 Å². The molecule has 1 unspecified atom stereocenters. The molecule has 0 radical (unpaired) electrons. The number of carbonyl (C=O) groups excluding carboxylic acids is 1. The summed E-state index contributed by atoms with van der Waals surface area (Å²) in [6, 6.07) is 6.34. The van der Waals surface area contributed by atoms with Crippen molar-refractivity contribution in [3.63, 3.8) is 0 Å². The Bertz CT molecular complexity index is 650. The summed E-state index contributed by atoms with van der Waals surface area (Å²) in [6.45, 7) is 10.8. The van der Waals surface area contributed by atoms with Crippen LogP contribution in [-0.2, 0) is 6.54 Å². The molecule has 1 saturated carbocycles. The summed E-state index contributed by atoms with van der Waals surface area (Å²) >= 11 is 0. The van der Waals surface area contributed by atoms with E-state index in [9.17, 15) is 9.90 Å². The van der Waals surface area contributed by atoms with Crippen molar-refractivity contribution in [1.82, 2.24) is 10.2 Å². The van der Waals surface area contributed by atoms with Gasteiger partial charge in [0.15, 0.2) is 0 Å². The molecule has 0 aromatic heterocycles. The molecule has 0 bridgehead atoms. The van der Waals surface area contributed by atoms with Gasteiger partial charge in [0, 0.05) is 30.7 Å². The second kappa shape index (κ2) is 8.64. The van der Waals surface area contributed by atoms with E-state index in [4.69, 9.17) is 0 Å². The van der Waals surface area contributed by atoms with Crippen LogP contribution in [0.3, 0.4) is 0 Å². The van der Waals surface area contributed by atoms with E-state index in [0.717, 1.165) is 18.0 Å². The smallest absolute Gasteiger partial charge is 0.254 e. The first-order valence-corrected chi connectivity index (χ1v) is 10.8. The number of amides is 1. The van der Waals surface area contributed by atoms with Crippen LogP contribution < -0.4 is 5.32 Å². The van der Waals surface area contributed by atoms with E-state index in [1.54, 1.807) is 12.1 Å². The molecule has 3 rings (SSSR count). The van der Waals surface area contributed by atoms with Crippen LogP contribution in [0.4, 0.5) is 0 Å². The molecule has 1 aliphatic heterocycles. The molecule has 2 aliphatic rings. The lowest BCUT2D eigenvalue weighted by Gasteiger charge is -2.36. The predicted octanol–water partition coefficient (Wildman–Crippen LogP) is 4.57. The Hall–Kier alpha value is -1.55. The van der Waals surface area contributed by atoms with E-state index >= 15 is 0 Å². The lowest BCUT2D eigenvalue weighted by atomic mass is 9.78. The summed E-state index contributed by atoms with van der Waals surface area (Å²) in [5, 5.41) is 13.5. The van der Waals surface area contributed by atoms with Crippen LogP contribution in [0.2, 0.25) is 0 Å². The quantitative estimate of drug-likeness (QED) is 0.737. The van der Waals surface area contributed by atoms with Gasteiger partial charge in [0.05, 0.1) is 0 Å². The highest BCUT2D eigenvalue weighted by molar-refractivity contribution is 5.98. The fourth-order valence-electron chi connectivity index (χ4n) is 4.93. The normalized spacial score (nSPS) is 24.9. The standard InChI is InChI=1S/C23H36N2O2/c1-5-22(15(2)3)24-16(4)18-8-6-17(7-9-18)13-25-14-19-10-11-20(26)12-21(19)23(25)27/h10-12,15-18,22,24,26H,5-9,13-14H2,1-4H3/t16?,17-,18-,22-/m1/s1. The molecule has 2 N–H and O–H groups in total. The van der Waals surface area contributed by atoms with Gasteiger partial charge in [0.25, 0.3) is 5.91 Å². The van der Waals surface area contributed by atoms with E-state index in [1.807, 2.05) is 11.0 Å². The summed E-state index contributed by atoms with van der Waals surface area (Å²) < 4.78 is 0. The molecule has 0 spiro atoms. The molecule has 27 heavy (non-hydrogen) atoms. The Morgan fingerprint density at radius 2 is 1.89 bits per heavy atom. The molecule has 2 atom stereocenters. The monoisotopic (exact) mass is 372 g/mol. The average molecular weight is 373 g/mol. The number of carbonyl (C=O) groups is 1. The van der Waals surface area contributed by atoms with Crippen LogP contribution >= 0.6 is 0 Å². The zero-order valence-electron chi connectivity index (χ0n) is 17.4. The molecule has 1 aromatic carbocycles. The SMILES string of the molecule is CC[C@@H](NC(C)[C@H]1CC[C@H](CN2Cc3ccc(O)cc3C2=O)CC1)C(C)C. The topological polar surface area (TPSA) is 52.6 Å². The van der Waals surface area contributed by atoms with Gasteiger partial charge in [0.1, 0.15) is 5.75 Å². The molecule has 4 heteroatoms. The summed E-state index contributed by atoms with van der Waals surface area (Å²) in [4.78, 5) is 14.6. The summed E-state index contributed by atoms with van der Waals surface area (Å²) in [5.74, 6) is 2.29. The Labute approximate surface area is 164 Å². The molecule has 1 heterocycles. The number of nitrogens with one attached hydrogen (secondary N) is 1. The van der Waals surface area contributed by atoms with Crippen molar-refractivity contribution in [1.29, 1.82) is 0 Å². The number of phenolic OH excluding ortho intramolecular Hbond substituents is 1. The maximum Gasteiger partial charge on any atom is 0.254 e. The lowest BCUT2D eigenvalue weighted by Crippen LogP contribution is -2.44. The van der Waals surface area contributed by atoms with Gasteiger partial charge in [-0.05, 0) is 74.5 Å². The molecule has 1 amide bonds. The third kappa shape index (κ3) is 4.66. The minimum Gasteiger partial charge on any atom is -0.508 e. The summed E-state index contributed by atoms with van der Waals surface area (Å²) in [7, 11) is 0. The molecule has 4 nitrogen and oxygen atoms in total. The van der Waals surface area contributed by atoms with Crippen molar-refractivity contribution in [2.75, 3.05) is 6.54 Å². The van der Waals surface area contributed by atoms with Gasteiger partial charge in [-0.15, -0.1) is 0 Å². The Morgan fingerprint density at radius 3 is 2.52 bits per heavy atom. The summed E-state index contributed by atoms with van der Waals surface area (Å²) in [6.07, 6.45) is 6.11. The van der Waals surface area contributed by atoms with Crippen molar-refractivity contribution >= 4 is 5.91 Å². The number of hydrogen-bond donors (Lipinski definition) is 2. The van der Waals surface area contributed by atoms with Gasteiger partial charge in [-0.1, -0.05) is 26.8 Å². The van der Waals surface area contributed by atoms with Crippen LogP contribution in [0.25, 0.3) is 0 Å². The first-order chi connectivity index (χ1) is 12.9. The number of phenols is 1. The molecule has 0 saturated heterocycles. The fourth-order valence-corrected chi connectivity index (χ4v) is 4.93. The highest BCUT2D eigenvalue weighted by Gasteiger charge is 2.32. The van der Waals surface area contributed by atoms with Gasteiger partial charge >= 0.3 is 0 Å². The van der Waals surface area contributed by atoms with Gasteiger partial charge in [0.2, 0.25) is 0 Å². The van der Waals surface area contributed by atoms with Gasteiger partial charge in [-0.2, -0.15) is 0 Å². The largest absolute Gasteiger partial charge is 0.508 e. The minimum absolute atomic E-state index is 0.0841. The van der Waals surface area contributed by atoms with Crippen molar-refractivity contribution in [3.05, 3.63) is 29.3 Å². The summed E-state index contributed by atoms with van der Waals surface area (Å²) in [5.41, 5.74) is 1.73. The number of fused-ring (bicyclic) bond motifs is 1. The lowest BCUT2D eigenvalue weighted by molar-refractivity contribution is 0.0723. The maximum atomic E-state index is 12.6. The first kappa shape index (κ1) is 20.2. The fraction of sp³-hybridized carbons (Fsp3) is 0.696. The molecule has 1 aromatic rings. The van der Waals surface area contributed by atoms with E-state index < -0.39 is 0 Å². The van der Waals surface area contributed by atoms with Crippen molar-refractivity contribution in [2.45, 2.75) is 78.4 Å². The van der Waals surface area contributed by atoms with Crippen LogP contribution in [0.5, 0.6) is 5.75 Å². The van der Waals surface area contributed by atoms with Crippen LogP contribution in [-0.4, -0.2) is 34.5 Å². The molecule has 1 aliphatic carbocycles. The highest BCUT2D eigenvalue weighted by Crippen LogP contribution is 2.34. The Morgan fingerprint density at radius 1 is 1.19 bits per heavy atom. The van der Waals surface area contributed by atoms with Crippen LogP contribution in [0.15, 0.2) is 18.2 Å². The number of nitrogens with zero attached hydrogens (tertiary/aromatic N) is 1. The first-order valence-electron chi connectivity index (χ1n) is 10.8. The number of hydrogen-bond acceptors (Lipinski definition) is 3. The molecule has 1 fully saturated rings. The van der Waals surface area contributed by atoms with E-state index in [-0.39, 0.29) is 11.7 Å². The third-order valence-corrected chi connectivity index (χ3v) is 6.77. The second-order valence-electron chi connectivity index (χ2n) is 9.02. The number of aromatic hydroxyl groups is 1. The van der Waals surface area contributed by atoms with Gasteiger partial charge in [-0.3, -0.25) is 4.79 Å². The minimum atomic E-state index is 0.0841. The van der Waals surface area contributed by atoms with Gasteiger partial charge < -0.3 is 15.3 Å². The highest BCUT2D eigenvalue weighted by atomic mass is 16.3. The van der Waals surface area contributed by atoms with Crippen LogP contribution in [0, 0.1) is 17.8 Å². The van der Waals surface area contributed by atoms with E-state index in [0.29, 0.717) is 36.0 Å². The van der Waals surface area contributed by atoms with Crippen molar-refractivity contribution in [2.24, 2.45) is 17.8 Å². The zero-order valence-corrected chi connectivity index (χ0v) is 17.4. The Kier molecular flexibility index (Phi) is 6.46. The molecular weight excluding hydrogens is 336 g/mol. The predicted molar refractivity (Wildman–Crippen MR) is 110 cm³/mol. The zero-order chi connectivity index (χ0) is 19.6. The van der Waals surface area contributed by atoms with Gasteiger partial charge in [-0.25, -0.2) is 0 Å². The third-order valence-electron chi connectivity index (χ3n) is 6.77. The average Bonchev–Trinajstić information content (AvgIpc) is 2.95.